The fraction of sp³-hybridized carbons (Fsp3) is 0.710. The fourth-order valence-electron chi connectivity index (χ4n) is 2.22. The molecular formula is C31H52O13. The quantitative estimate of drug-likeness (QED) is 0.140. The standard InChI is InChI=1S/C12H22O4.C10H14O4.C9H16O5/c1-7(2)10(13)15-12(9(5)6)16-11(14)8(3)4;1-6(2)10(11)12-5-9-7(3)13-8(4)14-9;1-6(2)8(10)12-5-13-9(11)14-7(3)4/h7-9,12H,1-6H3;6H,4-5H2,1-3H3;6-7H,5H2,1-4H3. The Morgan fingerprint density at radius 2 is 1.05 bits per heavy atom. The lowest BCUT2D eigenvalue weighted by Crippen LogP contribution is -2.32. The average Bonchev–Trinajstić information content (AvgIpc) is 3.22. The number of hydrogen-bond donors (Lipinski definition) is 0. The van der Waals surface area contributed by atoms with Crippen LogP contribution in [-0.4, -0.2) is 55.8 Å². The summed E-state index contributed by atoms with van der Waals surface area (Å²) >= 11 is 0. The normalized spacial score (nSPS) is 12.3. The topological polar surface area (TPSA) is 159 Å². The number of rotatable bonds is 12. The number of carbonyl (C=O) groups is 5. The van der Waals surface area contributed by atoms with E-state index >= 15 is 0 Å². The van der Waals surface area contributed by atoms with Crippen molar-refractivity contribution in [1.82, 2.24) is 0 Å². The molecule has 0 saturated heterocycles. The lowest BCUT2D eigenvalue weighted by molar-refractivity contribution is -0.200. The van der Waals surface area contributed by atoms with Gasteiger partial charge in [-0.25, -0.2) is 4.79 Å². The third-order valence-electron chi connectivity index (χ3n) is 4.85. The predicted octanol–water partition coefficient (Wildman–Crippen LogP) is 6.01. The molecular weight excluding hydrogens is 580 g/mol. The number of carbonyl (C=O) groups excluding carboxylic acids is 5. The Morgan fingerprint density at radius 1 is 0.614 bits per heavy atom. The second kappa shape index (κ2) is 21.8. The molecule has 0 aliphatic carbocycles. The molecule has 0 spiro atoms. The Morgan fingerprint density at radius 3 is 1.39 bits per heavy atom. The van der Waals surface area contributed by atoms with Crippen molar-refractivity contribution in [1.29, 1.82) is 0 Å². The van der Waals surface area contributed by atoms with Crippen LogP contribution in [0.4, 0.5) is 4.79 Å². The van der Waals surface area contributed by atoms with Gasteiger partial charge in [0.25, 0.3) is 5.95 Å². The predicted molar refractivity (Wildman–Crippen MR) is 159 cm³/mol. The van der Waals surface area contributed by atoms with Gasteiger partial charge in [0, 0.05) is 5.92 Å². The van der Waals surface area contributed by atoms with Crippen LogP contribution >= 0.6 is 0 Å². The van der Waals surface area contributed by atoms with Gasteiger partial charge in [0.1, 0.15) is 5.76 Å². The largest absolute Gasteiger partial charge is 0.511 e. The molecule has 0 atom stereocenters. The first kappa shape index (κ1) is 42.4. The van der Waals surface area contributed by atoms with E-state index < -0.39 is 25.2 Å². The Kier molecular flexibility index (Phi) is 21.0. The summed E-state index contributed by atoms with van der Waals surface area (Å²) in [6.07, 6.45) is -1.87. The summed E-state index contributed by atoms with van der Waals surface area (Å²) in [5.74, 6) is -0.933. The zero-order valence-electron chi connectivity index (χ0n) is 28.5. The second-order valence-electron chi connectivity index (χ2n) is 11.4. The van der Waals surface area contributed by atoms with Gasteiger partial charge >= 0.3 is 30.0 Å². The maximum atomic E-state index is 11.4. The maximum Gasteiger partial charge on any atom is 0.511 e. The third-order valence-corrected chi connectivity index (χ3v) is 4.85. The molecule has 1 aliphatic rings. The van der Waals surface area contributed by atoms with Crippen molar-refractivity contribution in [3.63, 3.8) is 0 Å². The van der Waals surface area contributed by atoms with E-state index in [9.17, 15) is 24.0 Å². The molecule has 0 saturated carbocycles. The zero-order valence-corrected chi connectivity index (χ0v) is 28.5. The first-order chi connectivity index (χ1) is 20.2. The summed E-state index contributed by atoms with van der Waals surface area (Å²) in [6.45, 7) is 25.9. The van der Waals surface area contributed by atoms with Gasteiger partial charge in [0.15, 0.2) is 12.4 Å². The van der Waals surface area contributed by atoms with Crippen LogP contribution in [0, 0.1) is 29.6 Å². The van der Waals surface area contributed by atoms with Crippen LogP contribution in [0.15, 0.2) is 24.0 Å². The summed E-state index contributed by atoms with van der Waals surface area (Å²) in [6, 6.07) is 0. The van der Waals surface area contributed by atoms with E-state index in [1.54, 1.807) is 76.2 Å². The van der Waals surface area contributed by atoms with Crippen LogP contribution < -0.4 is 0 Å². The summed E-state index contributed by atoms with van der Waals surface area (Å²) in [7, 11) is 0. The SMILES string of the molecule is C=C1OC(C)=C(COC(=O)C(C)C)O1.CC(C)C(=O)OC(OC(=O)C(C)C)C(C)C.CC(C)OC(=O)OCOC(=O)C(C)C. The van der Waals surface area contributed by atoms with E-state index in [0.717, 1.165) is 0 Å². The van der Waals surface area contributed by atoms with Gasteiger partial charge in [-0.15, -0.1) is 0 Å². The van der Waals surface area contributed by atoms with Crippen LogP contribution in [0.1, 0.15) is 90.0 Å². The van der Waals surface area contributed by atoms with Gasteiger partial charge in [-0.2, -0.15) is 0 Å². The third kappa shape index (κ3) is 20.2. The van der Waals surface area contributed by atoms with Crippen LogP contribution in [0.3, 0.4) is 0 Å². The molecule has 44 heavy (non-hydrogen) atoms. The van der Waals surface area contributed by atoms with Crippen molar-refractivity contribution in [3.8, 4) is 0 Å². The minimum absolute atomic E-state index is 0.0506. The van der Waals surface area contributed by atoms with E-state index in [0.29, 0.717) is 11.5 Å². The molecule has 1 aliphatic heterocycles. The summed E-state index contributed by atoms with van der Waals surface area (Å²) in [4.78, 5) is 55.6. The molecule has 0 fully saturated rings. The zero-order chi connectivity index (χ0) is 34.7. The van der Waals surface area contributed by atoms with Gasteiger partial charge in [0.05, 0.1) is 29.8 Å². The molecule has 0 aromatic heterocycles. The highest BCUT2D eigenvalue weighted by Crippen LogP contribution is 2.23. The Labute approximate surface area is 261 Å². The molecule has 1 heterocycles. The highest BCUT2D eigenvalue weighted by Gasteiger charge is 2.25. The Hall–Kier alpha value is -3.77. The molecule has 0 radical (unpaired) electrons. The van der Waals surface area contributed by atoms with E-state index in [-0.39, 0.29) is 66.2 Å². The molecule has 0 aromatic carbocycles. The summed E-state index contributed by atoms with van der Waals surface area (Å²) < 4.78 is 39.0. The fourth-order valence-corrected chi connectivity index (χ4v) is 2.22. The number of allylic oxidation sites excluding steroid dienone is 1. The highest BCUT2D eigenvalue weighted by molar-refractivity contribution is 5.73. The van der Waals surface area contributed by atoms with Crippen molar-refractivity contribution >= 4 is 30.0 Å². The van der Waals surface area contributed by atoms with E-state index in [4.69, 9.17) is 23.7 Å². The first-order valence-corrected chi connectivity index (χ1v) is 14.5. The van der Waals surface area contributed by atoms with Crippen LogP contribution in [0.5, 0.6) is 0 Å². The molecule has 13 heteroatoms. The van der Waals surface area contributed by atoms with Gasteiger partial charge < -0.3 is 37.9 Å². The molecule has 0 amide bonds. The van der Waals surface area contributed by atoms with Gasteiger partial charge in [-0.1, -0.05) is 69.2 Å². The molecule has 254 valence electrons. The minimum Gasteiger partial charge on any atom is -0.457 e. The van der Waals surface area contributed by atoms with E-state index in [1.165, 1.54) is 0 Å². The second-order valence-corrected chi connectivity index (χ2v) is 11.4. The minimum atomic E-state index is -0.837. The molecule has 0 aromatic rings. The van der Waals surface area contributed by atoms with Crippen LogP contribution in [0.2, 0.25) is 0 Å². The highest BCUT2D eigenvalue weighted by atomic mass is 16.8. The van der Waals surface area contributed by atoms with Crippen LogP contribution in [-0.2, 0) is 57.1 Å². The van der Waals surface area contributed by atoms with Crippen molar-refractivity contribution < 1.29 is 61.9 Å². The maximum absolute atomic E-state index is 11.4. The van der Waals surface area contributed by atoms with Gasteiger partial charge in [0.2, 0.25) is 13.1 Å². The Bertz CT molecular complexity index is 953. The van der Waals surface area contributed by atoms with Crippen LogP contribution in [0.25, 0.3) is 0 Å². The van der Waals surface area contributed by atoms with Crippen molar-refractivity contribution in [2.24, 2.45) is 29.6 Å². The van der Waals surface area contributed by atoms with Crippen molar-refractivity contribution in [2.45, 2.75) is 102 Å². The van der Waals surface area contributed by atoms with Gasteiger partial charge in [-0.05, 0) is 27.4 Å². The molecule has 0 unspecified atom stereocenters. The molecule has 0 N–H and O–H groups in total. The monoisotopic (exact) mass is 632 g/mol. The Balaban J connectivity index is 0. The number of esters is 4. The van der Waals surface area contributed by atoms with Crippen molar-refractivity contribution in [2.75, 3.05) is 13.4 Å². The molecule has 1 rings (SSSR count). The lowest BCUT2D eigenvalue weighted by Gasteiger charge is -2.23. The lowest BCUT2D eigenvalue weighted by atomic mass is 10.2. The van der Waals surface area contributed by atoms with Crippen molar-refractivity contribution in [3.05, 3.63) is 24.0 Å². The first-order valence-electron chi connectivity index (χ1n) is 14.5. The number of hydrogen-bond acceptors (Lipinski definition) is 13. The van der Waals surface area contributed by atoms with E-state index in [2.05, 4.69) is 20.8 Å². The molecule has 0 bridgehead atoms. The smallest absolute Gasteiger partial charge is 0.457 e. The average molecular weight is 633 g/mol. The number of ether oxygens (including phenoxy) is 8. The molecule has 13 nitrogen and oxygen atoms in total. The summed E-state index contributed by atoms with van der Waals surface area (Å²) in [5.41, 5.74) is 0. The van der Waals surface area contributed by atoms with Gasteiger partial charge in [-0.3, -0.25) is 19.2 Å². The summed E-state index contributed by atoms with van der Waals surface area (Å²) in [5, 5.41) is 0. The van der Waals surface area contributed by atoms with E-state index in [1.807, 2.05) is 13.8 Å².